The van der Waals surface area contributed by atoms with Crippen molar-refractivity contribution in [2.24, 2.45) is 0 Å². The summed E-state index contributed by atoms with van der Waals surface area (Å²) >= 11 is 0. The summed E-state index contributed by atoms with van der Waals surface area (Å²) in [4.78, 5) is 0.348. The zero-order chi connectivity index (χ0) is 14.2. The summed E-state index contributed by atoms with van der Waals surface area (Å²) in [5.74, 6) is 0. The first-order valence-electron chi connectivity index (χ1n) is 6.08. The summed E-state index contributed by atoms with van der Waals surface area (Å²) in [7, 11) is -3.13. The Bertz CT molecular complexity index is 698. The van der Waals surface area contributed by atoms with Crippen molar-refractivity contribution < 1.29 is 8.42 Å². The lowest BCUT2D eigenvalue weighted by Crippen LogP contribution is -2.04. The molecule has 102 valence electrons. The molecule has 0 N–H and O–H groups in total. The topological polar surface area (TPSA) is 52.0 Å². The Morgan fingerprint density at radius 3 is 2.11 bits per heavy atom. The van der Waals surface area contributed by atoms with E-state index in [1.165, 1.54) is 11.8 Å². The van der Waals surface area contributed by atoms with Crippen molar-refractivity contribution in [1.29, 1.82) is 0 Å². The van der Waals surface area contributed by atoms with Crippen molar-refractivity contribution in [3.63, 3.8) is 0 Å². The van der Waals surface area contributed by atoms with Crippen molar-refractivity contribution in [1.82, 2.24) is 9.78 Å². The Morgan fingerprint density at radius 2 is 1.68 bits per heavy atom. The molecule has 0 aliphatic rings. The fraction of sp³-hybridized carbons (Fsp3) is 0.357. The average molecular weight is 278 g/mol. The van der Waals surface area contributed by atoms with Gasteiger partial charge in [-0.25, -0.2) is 8.42 Å². The predicted molar refractivity (Wildman–Crippen MR) is 75.1 cm³/mol. The molecule has 4 nitrogen and oxygen atoms in total. The van der Waals surface area contributed by atoms with E-state index in [4.69, 9.17) is 0 Å². The van der Waals surface area contributed by atoms with Crippen LogP contribution in [0.1, 0.15) is 22.5 Å². The molecule has 0 fully saturated rings. The quantitative estimate of drug-likeness (QED) is 0.865. The Labute approximate surface area is 114 Å². The van der Waals surface area contributed by atoms with Gasteiger partial charge in [-0.3, -0.25) is 4.68 Å². The molecular formula is C14H18N2O2S. The number of benzene rings is 1. The van der Waals surface area contributed by atoms with E-state index in [1.807, 2.05) is 30.7 Å². The largest absolute Gasteiger partial charge is 0.265 e. The molecule has 0 unspecified atom stereocenters. The summed E-state index contributed by atoms with van der Waals surface area (Å²) in [5.41, 5.74) is 4.42. The van der Waals surface area contributed by atoms with E-state index in [-0.39, 0.29) is 0 Å². The highest BCUT2D eigenvalue weighted by molar-refractivity contribution is 7.90. The van der Waals surface area contributed by atoms with E-state index in [1.54, 1.807) is 12.1 Å². The van der Waals surface area contributed by atoms with E-state index >= 15 is 0 Å². The highest BCUT2D eigenvalue weighted by Gasteiger charge is 2.09. The van der Waals surface area contributed by atoms with E-state index in [9.17, 15) is 8.42 Å². The van der Waals surface area contributed by atoms with Gasteiger partial charge < -0.3 is 0 Å². The van der Waals surface area contributed by atoms with Gasteiger partial charge in [-0.05, 0) is 44.0 Å². The van der Waals surface area contributed by atoms with Gasteiger partial charge in [0.2, 0.25) is 0 Å². The molecule has 0 spiro atoms. The Balaban J connectivity index is 2.27. The summed E-state index contributed by atoms with van der Waals surface area (Å²) in [5, 5.41) is 4.47. The number of aryl methyl sites for hydroxylation is 1. The summed E-state index contributed by atoms with van der Waals surface area (Å²) in [6, 6.07) is 6.96. The molecule has 1 aromatic heterocycles. The molecule has 0 saturated carbocycles. The van der Waals surface area contributed by atoms with Gasteiger partial charge in [0.25, 0.3) is 0 Å². The van der Waals surface area contributed by atoms with Crippen LogP contribution in [0.3, 0.4) is 0 Å². The van der Waals surface area contributed by atoms with Crippen LogP contribution in [0.15, 0.2) is 29.2 Å². The molecule has 5 heteroatoms. The van der Waals surface area contributed by atoms with Crippen LogP contribution in [0.4, 0.5) is 0 Å². The average Bonchev–Trinajstić information content (AvgIpc) is 2.57. The third-order valence-electron chi connectivity index (χ3n) is 3.43. The predicted octanol–water partition coefficient (Wildman–Crippen LogP) is 2.26. The fourth-order valence-corrected chi connectivity index (χ4v) is 2.59. The van der Waals surface area contributed by atoms with Gasteiger partial charge in [0.15, 0.2) is 9.84 Å². The van der Waals surface area contributed by atoms with Gasteiger partial charge in [0.05, 0.1) is 17.1 Å². The number of sulfone groups is 1. The van der Waals surface area contributed by atoms with Crippen molar-refractivity contribution in [2.75, 3.05) is 6.26 Å². The second kappa shape index (κ2) is 4.81. The smallest absolute Gasteiger partial charge is 0.175 e. The lowest BCUT2D eigenvalue weighted by Gasteiger charge is -2.06. The molecule has 0 bridgehead atoms. The highest BCUT2D eigenvalue weighted by Crippen LogP contribution is 2.15. The van der Waals surface area contributed by atoms with Crippen LogP contribution in [0.25, 0.3) is 0 Å². The first-order chi connectivity index (χ1) is 8.79. The van der Waals surface area contributed by atoms with Crippen LogP contribution < -0.4 is 0 Å². The molecular weight excluding hydrogens is 260 g/mol. The van der Waals surface area contributed by atoms with E-state index < -0.39 is 9.84 Å². The molecule has 2 aromatic rings. The first kappa shape index (κ1) is 13.8. The third kappa shape index (κ3) is 2.87. The minimum atomic E-state index is -3.13. The highest BCUT2D eigenvalue weighted by atomic mass is 32.2. The number of hydrogen-bond donors (Lipinski definition) is 0. The molecule has 2 rings (SSSR count). The van der Waals surface area contributed by atoms with Crippen LogP contribution in [-0.2, 0) is 16.4 Å². The first-order valence-corrected chi connectivity index (χ1v) is 7.98. The van der Waals surface area contributed by atoms with Gasteiger partial charge in [-0.2, -0.15) is 5.10 Å². The molecule has 0 radical (unpaired) electrons. The fourth-order valence-electron chi connectivity index (χ4n) is 1.96. The standard InChI is InChI=1S/C14H18N2O2S/c1-10-11(2)15-16(12(10)3)9-13-5-7-14(8-6-13)19(4,17)18/h5-8H,9H2,1-4H3. The number of hydrogen-bond acceptors (Lipinski definition) is 3. The van der Waals surface area contributed by atoms with Crippen LogP contribution in [0.5, 0.6) is 0 Å². The van der Waals surface area contributed by atoms with E-state index in [0.717, 1.165) is 17.0 Å². The monoisotopic (exact) mass is 278 g/mol. The molecule has 19 heavy (non-hydrogen) atoms. The summed E-state index contributed by atoms with van der Waals surface area (Å²) in [6.07, 6.45) is 1.21. The van der Waals surface area contributed by atoms with Gasteiger partial charge in [-0.15, -0.1) is 0 Å². The SMILES string of the molecule is Cc1nn(Cc2ccc(S(C)(=O)=O)cc2)c(C)c1C. The lowest BCUT2D eigenvalue weighted by molar-refractivity contribution is 0.601. The molecule has 0 aliphatic carbocycles. The van der Waals surface area contributed by atoms with Crippen molar-refractivity contribution >= 4 is 9.84 Å². The Kier molecular flexibility index (Phi) is 3.49. The third-order valence-corrected chi connectivity index (χ3v) is 4.56. The molecule has 1 aromatic carbocycles. The normalized spacial score (nSPS) is 11.8. The van der Waals surface area contributed by atoms with Crippen molar-refractivity contribution in [2.45, 2.75) is 32.2 Å². The van der Waals surface area contributed by atoms with Gasteiger partial charge in [0, 0.05) is 11.9 Å². The maximum Gasteiger partial charge on any atom is 0.175 e. The maximum absolute atomic E-state index is 11.4. The van der Waals surface area contributed by atoms with Gasteiger partial charge in [-0.1, -0.05) is 12.1 Å². The minimum Gasteiger partial charge on any atom is -0.265 e. The van der Waals surface area contributed by atoms with Crippen LogP contribution in [-0.4, -0.2) is 24.5 Å². The molecule has 1 heterocycles. The number of rotatable bonds is 3. The molecule has 0 aliphatic heterocycles. The van der Waals surface area contributed by atoms with Gasteiger partial charge in [0.1, 0.15) is 0 Å². The van der Waals surface area contributed by atoms with Crippen molar-refractivity contribution in [3.8, 4) is 0 Å². The second-order valence-corrected chi connectivity index (χ2v) is 6.89. The molecule has 0 amide bonds. The van der Waals surface area contributed by atoms with Crippen LogP contribution in [0, 0.1) is 20.8 Å². The number of aromatic nitrogens is 2. The van der Waals surface area contributed by atoms with Crippen LogP contribution in [0.2, 0.25) is 0 Å². The minimum absolute atomic E-state index is 0.348. The van der Waals surface area contributed by atoms with Gasteiger partial charge >= 0.3 is 0 Å². The van der Waals surface area contributed by atoms with E-state index in [0.29, 0.717) is 11.4 Å². The van der Waals surface area contributed by atoms with Crippen LogP contribution >= 0.6 is 0 Å². The maximum atomic E-state index is 11.4. The Morgan fingerprint density at radius 1 is 1.11 bits per heavy atom. The molecule has 0 atom stereocenters. The summed E-state index contributed by atoms with van der Waals surface area (Å²) in [6.45, 7) is 6.75. The lowest BCUT2D eigenvalue weighted by atomic mass is 10.2. The summed E-state index contributed by atoms with van der Waals surface area (Å²) < 4.78 is 24.7. The molecule has 0 saturated heterocycles. The number of nitrogens with zero attached hydrogens (tertiary/aromatic N) is 2. The second-order valence-electron chi connectivity index (χ2n) is 4.87. The Hall–Kier alpha value is -1.62. The van der Waals surface area contributed by atoms with E-state index in [2.05, 4.69) is 12.0 Å². The zero-order valence-corrected chi connectivity index (χ0v) is 12.5. The zero-order valence-electron chi connectivity index (χ0n) is 11.6. The van der Waals surface area contributed by atoms with Crippen molar-refractivity contribution in [3.05, 3.63) is 46.8 Å².